The number of carbonyl (C=O) groups is 2. The van der Waals surface area contributed by atoms with Gasteiger partial charge in [-0.25, -0.2) is 19.9 Å². The number of nitrogens with zero attached hydrogens (tertiary/aromatic N) is 8. The third-order valence-corrected chi connectivity index (χ3v) is 11.3. The number of benzene rings is 2. The van der Waals surface area contributed by atoms with E-state index in [2.05, 4.69) is 38.0 Å². The summed E-state index contributed by atoms with van der Waals surface area (Å²) in [5.74, 6) is 0.786. The van der Waals surface area contributed by atoms with Crippen molar-refractivity contribution in [1.29, 1.82) is 0 Å². The number of fused-ring (bicyclic) bond motifs is 2. The van der Waals surface area contributed by atoms with Crippen molar-refractivity contribution in [3.05, 3.63) is 81.8 Å². The lowest BCUT2D eigenvalue weighted by atomic mass is 9.87. The number of aromatic nitrogens is 4. The fourth-order valence-corrected chi connectivity index (χ4v) is 8.08. The molecule has 4 aliphatic heterocycles. The summed E-state index contributed by atoms with van der Waals surface area (Å²) in [7, 11) is 0. The number of amides is 2. The average Bonchev–Trinajstić information content (AvgIpc) is 3.81. The smallest absolute Gasteiger partial charge is 0.258 e. The predicted molar refractivity (Wildman–Crippen MR) is 203 cm³/mol. The zero-order chi connectivity index (χ0) is 38.4. The van der Waals surface area contributed by atoms with Gasteiger partial charge in [0.05, 0.1) is 55.1 Å². The molecule has 4 aromatic rings. The quantitative estimate of drug-likeness (QED) is 0.205. The highest BCUT2D eigenvalue weighted by Gasteiger charge is 2.38. The third kappa shape index (κ3) is 7.51. The number of piperidine rings is 1. The number of ether oxygens (including phenoxy) is 1. The maximum Gasteiger partial charge on any atom is 0.258 e. The molecule has 2 aromatic carbocycles. The number of hydrogen-bond acceptors (Lipinski definition) is 13. The lowest BCUT2D eigenvalue weighted by Gasteiger charge is -2.38. The molecule has 8 rings (SSSR count). The molecule has 6 heterocycles. The minimum absolute atomic E-state index is 0.00314. The number of rotatable bonds is 8. The number of carbonyl (C=O) groups excluding carboxylic acids is 2. The largest absolute Gasteiger partial charge is 0.508 e. The van der Waals surface area contributed by atoms with Gasteiger partial charge in [0.15, 0.2) is 5.82 Å². The molecular weight excluding hydrogens is 702 g/mol. The van der Waals surface area contributed by atoms with Crippen LogP contribution in [0, 0.1) is 0 Å². The topological polar surface area (TPSA) is 195 Å². The minimum atomic E-state index is -1.11. The van der Waals surface area contributed by atoms with E-state index in [1.807, 2.05) is 13.8 Å². The van der Waals surface area contributed by atoms with Crippen molar-refractivity contribution in [3.8, 4) is 22.9 Å². The van der Waals surface area contributed by atoms with Gasteiger partial charge in [-0.2, -0.15) is 0 Å². The van der Waals surface area contributed by atoms with Crippen LogP contribution >= 0.6 is 0 Å². The Morgan fingerprint density at radius 1 is 0.891 bits per heavy atom. The lowest BCUT2D eigenvalue weighted by Crippen LogP contribution is -2.46. The molecule has 55 heavy (non-hydrogen) atoms. The standard InChI is InChI=1S/C40H47N9O6/c1-24(2)29-14-30(34(51)15-33(29)50)38(53)49-20-26-4-3-25(13-27(26)21-49)19-46-7-5-40(54,6-8-46)16-35(52)48-22-31-32(23-48)44-36(28-17-42-39(41)43-18-28)45-37(31)47-9-11-55-12-10-47/h3-4,13-15,17-18,24,50-51,54H,5-12,16,19-23H2,1-2H3,(H2,41,42,43). The Hall–Kier alpha value is -5.38. The van der Waals surface area contributed by atoms with Crippen molar-refractivity contribution in [3.63, 3.8) is 0 Å². The van der Waals surface area contributed by atoms with Crippen LogP contribution < -0.4 is 10.6 Å². The van der Waals surface area contributed by atoms with Gasteiger partial charge in [-0.1, -0.05) is 32.0 Å². The Bertz CT molecular complexity index is 2110. The molecule has 0 spiro atoms. The minimum Gasteiger partial charge on any atom is -0.508 e. The fourth-order valence-electron chi connectivity index (χ4n) is 8.08. The van der Waals surface area contributed by atoms with Crippen LogP contribution in [0.15, 0.2) is 42.7 Å². The van der Waals surface area contributed by atoms with Crippen LogP contribution in [0.2, 0.25) is 0 Å². The molecule has 2 fully saturated rings. The van der Waals surface area contributed by atoms with Crippen molar-refractivity contribution < 1.29 is 29.6 Å². The number of morpholine rings is 1. The van der Waals surface area contributed by atoms with E-state index >= 15 is 0 Å². The molecular formula is C40H47N9O6. The molecule has 15 nitrogen and oxygen atoms in total. The number of nitrogen functional groups attached to an aromatic ring is 1. The van der Waals surface area contributed by atoms with E-state index < -0.39 is 5.60 Å². The molecule has 0 bridgehead atoms. The highest BCUT2D eigenvalue weighted by molar-refractivity contribution is 5.97. The van der Waals surface area contributed by atoms with Crippen molar-refractivity contribution in [2.45, 2.75) is 77.4 Å². The van der Waals surface area contributed by atoms with Crippen LogP contribution in [-0.4, -0.2) is 107 Å². The number of phenols is 2. The average molecular weight is 750 g/mol. The first-order chi connectivity index (χ1) is 26.4. The molecule has 0 unspecified atom stereocenters. The second kappa shape index (κ2) is 14.7. The summed E-state index contributed by atoms with van der Waals surface area (Å²) in [6.07, 6.45) is 4.18. The van der Waals surface area contributed by atoms with Gasteiger partial charge < -0.3 is 40.5 Å². The molecule has 0 saturated carbocycles. The first-order valence-corrected chi connectivity index (χ1v) is 18.9. The van der Waals surface area contributed by atoms with Gasteiger partial charge in [0, 0.05) is 69.8 Å². The zero-order valence-corrected chi connectivity index (χ0v) is 31.2. The van der Waals surface area contributed by atoms with E-state index in [1.165, 1.54) is 6.07 Å². The molecule has 0 atom stereocenters. The van der Waals surface area contributed by atoms with Gasteiger partial charge in [-0.15, -0.1) is 0 Å². The van der Waals surface area contributed by atoms with E-state index in [0.717, 1.165) is 33.8 Å². The molecule has 0 radical (unpaired) electrons. The number of likely N-dealkylation sites (tertiary alicyclic amines) is 1. The van der Waals surface area contributed by atoms with E-state index in [4.69, 9.17) is 20.4 Å². The van der Waals surface area contributed by atoms with Gasteiger partial charge in [-0.3, -0.25) is 14.5 Å². The second-order valence-corrected chi connectivity index (χ2v) is 15.5. The summed E-state index contributed by atoms with van der Waals surface area (Å²) in [5, 5.41) is 32.4. The first kappa shape index (κ1) is 36.6. The van der Waals surface area contributed by atoms with Gasteiger partial charge in [0.1, 0.15) is 17.3 Å². The third-order valence-electron chi connectivity index (χ3n) is 11.3. The van der Waals surface area contributed by atoms with Crippen LogP contribution in [0.5, 0.6) is 11.5 Å². The highest BCUT2D eigenvalue weighted by atomic mass is 16.5. The zero-order valence-electron chi connectivity index (χ0n) is 31.2. The number of anilines is 2. The van der Waals surface area contributed by atoms with Gasteiger partial charge >= 0.3 is 0 Å². The number of phenolic OH excluding ortho intramolecular Hbond substituents is 2. The number of hydrogen-bond donors (Lipinski definition) is 4. The Morgan fingerprint density at radius 2 is 1.62 bits per heavy atom. The summed E-state index contributed by atoms with van der Waals surface area (Å²) in [5.41, 5.74) is 11.0. The van der Waals surface area contributed by atoms with Crippen molar-refractivity contribution >= 4 is 23.6 Å². The maximum absolute atomic E-state index is 13.8. The summed E-state index contributed by atoms with van der Waals surface area (Å²) in [6.45, 7) is 9.94. The van der Waals surface area contributed by atoms with E-state index in [-0.39, 0.29) is 47.2 Å². The number of nitrogens with two attached hydrogens (primary N) is 1. The predicted octanol–water partition coefficient (Wildman–Crippen LogP) is 3.30. The Balaban J connectivity index is 0.878. The van der Waals surface area contributed by atoms with Gasteiger partial charge in [0.2, 0.25) is 11.9 Å². The van der Waals surface area contributed by atoms with Crippen LogP contribution in [0.3, 0.4) is 0 Å². The fraction of sp³-hybridized carbons (Fsp3) is 0.450. The monoisotopic (exact) mass is 749 g/mol. The lowest BCUT2D eigenvalue weighted by molar-refractivity contribution is -0.139. The van der Waals surface area contributed by atoms with E-state index in [0.29, 0.717) is 102 Å². The summed E-state index contributed by atoms with van der Waals surface area (Å²) in [6, 6.07) is 9.11. The maximum atomic E-state index is 13.8. The molecule has 2 amide bonds. The normalized spacial score (nSPS) is 18.1. The highest BCUT2D eigenvalue weighted by Crippen LogP contribution is 2.37. The van der Waals surface area contributed by atoms with Gasteiger partial charge in [0.25, 0.3) is 5.91 Å². The Labute approximate surface area is 319 Å². The Kier molecular flexibility index (Phi) is 9.78. The summed E-state index contributed by atoms with van der Waals surface area (Å²) >= 11 is 0. The summed E-state index contributed by atoms with van der Waals surface area (Å²) < 4.78 is 5.58. The summed E-state index contributed by atoms with van der Waals surface area (Å²) in [4.78, 5) is 53.1. The van der Waals surface area contributed by atoms with Gasteiger partial charge in [-0.05, 0) is 47.1 Å². The second-order valence-electron chi connectivity index (χ2n) is 15.5. The van der Waals surface area contributed by atoms with Crippen LogP contribution in [0.25, 0.3) is 11.4 Å². The van der Waals surface area contributed by atoms with E-state index in [1.54, 1.807) is 28.3 Å². The molecule has 5 N–H and O–H groups in total. The first-order valence-electron chi connectivity index (χ1n) is 18.9. The number of aromatic hydroxyl groups is 2. The molecule has 0 aliphatic carbocycles. The molecule has 15 heteroatoms. The van der Waals surface area contributed by atoms with Crippen molar-refractivity contribution in [2.24, 2.45) is 0 Å². The van der Waals surface area contributed by atoms with Crippen molar-refractivity contribution in [1.82, 2.24) is 34.6 Å². The Morgan fingerprint density at radius 3 is 2.35 bits per heavy atom. The van der Waals surface area contributed by atoms with E-state index in [9.17, 15) is 24.9 Å². The SMILES string of the molecule is CC(C)c1cc(C(=O)N2Cc3ccc(CN4CCC(O)(CC(=O)N5Cc6nc(-c7cnc(N)nc7)nc(N7CCOCC7)c6C5)CC4)cc3C2)c(O)cc1O. The van der Waals surface area contributed by atoms with Crippen LogP contribution in [0.1, 0.15) is 82.9 Å². The molecule has 288 valence electrons. The number of aliphatic hydroxyl groups is 1. The van der Waals surface area contributed by atoms with Crippen LogP contribution in [-0.2, 0) is 42.3 Å². The van der Waals surface area contributed by atoms with Crippen LogP contribution in [0.4, 0.5) is 11.8 Å². The van der Waals surface area contributed by atoms with Crippen molar-refractivity contribution in [2.75, 3.05) is 50.0 Å². The molecule has 2 saturated heterocycles. The molecule has 2 aromatic heterocycles. The molecule has 4 aliphatic rings.